The van der Waals surface area contributed by atoms with Crippen LogP contribution in [0.4, 0.5) is 5.82 Å². The van der Waals surface area contributed by atoms with Crippen LogP contribution >= 0.6 is 0 Å². The van der Waals surface area contributed by atoms with Gasteiger partial charge in [-0.15, -0.1) is 0 Å². The lowest BCUT2D eigenvalue weighted by molar-refractivity contribution is 0.242. The smallest absolute Gasteiger partial charge is 0.246 e. The quantitative estimate of drug-likeness (QED) is 0.782. The van der Waals surface area contributed by atoms with Gasteiger partial charge in [0, 0.05) is 20.1 Å². The Kier molecular flexibility index (Phi) is 4.83. The highest BCUT2D eigenvalue weighted by atomic mass is 32.2. The molecule has 0 aliphatic carbocycles. The van der Waals surface area contributed by atoms with Gasteiger partial charge in [-0.05, 0) is 26.4 Å². The molecule has 0 unspecified atom stereocenters. The molecule has 1 heterocycles. The van der Waals surface area contributed by atoms with E-state index < -0.39 is 10.0 Å². The maximum absolute atomic E-state index is 12.4. The van der Waals surface area contributed by atoms with E-state index in [-0.39, 0.29) is 16.1 Å². The summed E-state index contributed by atoms with van der Waals surface area (Å²) in [6.45, 7) is 6.81. The number of sulfonamides is 1. The van der Waals surface area contributed by atoms with Crippen LogP contribution in [0.3, 0.4) is 0 Å². The average Bonchev–Trinajstić information content (AvgIpc) is 2.49. The molecule has 0 saturated carbocycles. The van der Waals surface area contributed by atoms with Crippen molar-refractivity contribution in [3.05, 3.63) is 5.69 Å². The standard InChI is InChI=1S/C12H25N5O2S/c1-9-10(11(13)15-17(9)6)20(18,19)14-7-12(2,3)8-16(4)5/h14H,7-8H2,1-6H3,(H2,13,15). The molecule has 20 heavy (non-hydrogen) atoms. The van der Waals surface area contributed by atoms with Crippen LogP contribution in [0.1, 0.15) is 19.5 Å². The Balaban J connectivity index is 2.91. The van der Waals surface area contributed by atoms with Gasteiger partial charge in [0.1, 0.15) is 4.90 Å². The highest BCUT2D eigenvalue weighted by Gasteiger charge is 2.27. The average molecular weight is 303 g/mol. The summed E-state index contributed by atoms with van der Waals surface area (Å²) >= 11 is 0. The Hall–Kier alpha value is -1.12. The molecule has 3 N–H and O–H groups in total. The first-order valence-corrected chi connectivity index (χ1v) is 7.88. The molecule has 0 fully saturated rings. The zero-order chi connectivity index (χ0) is 15.7. The minimum atomic E-state index is -3.65. The largest absolute Gasteiger partial charge is 0.381 e. The van der Waals surface area contributed by atoms with Gasteiger partial charge in [0.25, 0.3) is 0 Å². The predicted molar refractivity (Wildman–Crippen MR) is 79.9 cm³/mol. The Morgan fingerprint density at radius 3 is 2.35 bits per heavy atom. The molecular weight excluding hydrogens is 278 g/mol. The number of nitrogens with one attached hydrogen (secondary N) is 1. The van der Waals surface area contributed by atoms with E-state index in [4.69, 9.17) is 5.73 Å². The van der Waals surface area contributed by atoms with Crippen molar-refractivity contribution >= 4 is 15.8 Å². The van der Waals surface area contributed by atoms with Crippen LogP contribution < -0.4 is 10.5 Å². The number of aromatic nitrogens is 2. The number of hydrogen-bond donors (Lipinski definition) is 2. The lowest BCUT2D eigenvalue weighted by Gasteiger charge is -2.28. The molecule has 1 aromatic heterocycles. The van der Waals surface area contributed by atoms with Crippen LogP contribution in [0.2, 0.25) is 0 Å². The summed E-state index contributed by atoms with van der Waals surface area (Å²) < 4.78 is 28.8. The van der Waals surface area contributed by atoms with Crippen molar-refractivity contribution in [3.8, 4) is 0 Å². The maximum Gasteiger partial charge on any atom is 0.246 e. The van der Waals surface area contributed by atoms with Gasteiger partial charge < -0.3 is 10.6 Å². The monoisotopic (exact) mass is 303 g/mol. The summed E-state index contributed by atoms with van der Waals surface area (Å²) in [6, 6.07) is 0. The first kappa shape index (κ1) is 16.9. The zero-order valence-corrected chi connectivity index (χ0v) is 13.9. The van der Waals surface area contributed by atoms with E-state index in [0.717, 1.165) is 6.54 Å². The maximum atomic E-state index is 12.4. The molecule has 0 saturated heterocycles. The van der Waals surface area contributed by atoms with Gasteiger partial charge in [-0.3, -0.25) is 4.68 Å². The molecule has 1 rings (SSSR count). The van der Waals surface area contributed by atoms with Crippen molar-refractivity contribution in [2.24, 2.45) is 12.5 Å². The summed E-state index contributed by atoms with van der Waals surface area (Å²) in [5.74, 6) is 0.0305. The first-order chi connectivity index (χ1) is 8.96. The van der Waals surface area contributed by atoms with Crippen LogP contribution in [0, 0.1) is 12.3 Å². The fraction of sp³-hybridized carbons (Fsp3) is 0.750. The second kappa shape index (κ2) is 5.71. The number of rotatable bonds is 6. The summed E-state index contributed by atoms with van der Waals surface area (Å²) in [7, 11) is 1.94. The lowest BCUT2D eigenvalue weighted by Crippen LogP contribution is -2.40. The molecule has 0 aromatic carbocycles. The van der Waals surface area contributed by atoms with E-state index in [0.29, 0.717) is 12.2 Å². The van der Waals surface area contributed by atoms with Gasteiger partial charge in [-0.25, -0.2) is 13.1 Å². The Morgan fingerprint density at radius 1 is 1.40 bits per heavy atom. The number of nitrogens with two attached hydrogens (primary N) is 1. The second-order valence-electron chi connectivity index (χ2n) is 6.15. The van der Waals surface area contributed by atoms with E-state index in [9.17, 15) is 8.42 Å². The number of anilines is 1. The van der Waals surface area contributed by atoms with Gasteiger partial charge in [0.2, 0.25) is 10.0 Å². The van der Waals surface area contributed by atoms with E-state index in [2.05, 4.69) is 9.82 Å². The molecule has 0 aliphatic heterocycles. The van der Waals surface area contributed by atoms with Gasteiger partial charge >= 0.3 is 0 Å². The van der Waals surface area contributed by atoms with Crippen molar-refractivity contribution in [1.82, 2.24) is 19.4 Å². The van der Waals surface area contributed by atoms with Crippen LogP contribution in [0.25, 0.3) is 0 Å². The summed E-state index contributed by atoms with van der Waals surface area (Å²) in [4.78, 5) is 2.10. The minimum Gasteiger partial charge on any atom is -0.381 e. The van der Waals surface area contributed by atoms with Crippen LogP contribution in [-0.2, 0) is 17.1 Å². The number of nitrogen functional groups attached to an aromatic ring is 1. The van der Waals surface area contributed by atoms with Gasteiger partial charge in [0.05, 0.1) is 5.69 Å². The van der Waals surface area contributed by atoms with E-state index in [1.54, 1.807) is 14.0 Å². The highest BCUT2D eigenvalue weighted by molar-refractivity contribution is 7.89. The van der Waals surface area contributed by atoms with Crippen molar-refractivity contribution in [3.63, 3.8) is 0 Å². The van der Waals surface area contributed by atoms with Crippen molar-refractivity contribution in [2.45, 2.75) is 25.7 Å². The van der Waals surface area contributed by atoms with Crippen LogP contribution in [0.15, 0.2) is 4.90 Å². The van der Waals surface area contributed by atoms with Crippen molar-refractivity contribution < 1.29 is 8.42 Å². The molecule has 8 heteroatoms. The van der Waals surface area contributed by atoms with Crippen molar-refractivity contribution in [2.75, 3.05) is 32.9 Å². The fourth-order valence-corrected chi connectivity index (χ4v) is 3.78. The Labute approximate surface area is 121 Å². The fourth-order valence-electron chi connectivity index (χ4n) is 2.22. The third-order valence-electron chi connectivity index (χ3n) is 3.06. The van der Waals surface area contributed by atoms with Crippen molar-refractivity contribution in [1.29, 1.82) is 0 Å². The van der Waals surface area contributed by atoms with E-state index >= 15 is 0 Å². The van der Waals surface area contributed by atoms with Crippen LogP contribution in [0.5, 0.6) is 0 Å². The molecule has 0 bridgehead atoms. The molecule has 0 amide bonds. The molecule has 1 aromatic rings. The summed E-state index contributed by atoms with van der Waals surface area (Å²) in [6.07, 6.45) is 0. The number of hydrogen-bond acceptors (Lipinski definition) is 5. The molecular formula is C12H25N5O2S. The predicted octanol–water partition coefficient (Wildman–Crippen LogP) is 0.177. The topological polar surface area (TPSA) is 93.2 Å². The normalized spacial score (nSPS) is 13.2. The Morgan fingerprint density at radius 2 is 1.95 bits per heavy atom. The van der Waals surface area contributed by atoms with Gasteiger partial charge in [0.15, 0.2) is 5.82 Å². The minimum absolute atomic E-state index is 0.0305. The number of aryl methyl sites for hydroxylation is 1. The lowest BCUT2D eigenvalue weighted by atomic mass is 9.93. The first-order valence-electron chi connectivity index (χ1n) is 6.40. The molecule has 116 valence electrons. The van der Waals surface area contributed by atoms with Crippen LogP contribution in [-0.4, -0.2) is 50.3 Å². The second-order valence-corrected chi connectivity index (χ2v) is 7.85. The molecule has 0 atom stereocenters. The van der Waals surface area contributed by atoms with E-state index in [1.165, 1.54) is 4.68 Å². The Bertz CT molecular complexity index is 575. The number of nitrogens with zero attached hydrogens (tertiary/aromatic N) is 3. The third kappa shape index (κ3) is 3.94. The van der Waals surface area contributed by atoms with Gasteiger partial charge in [-0.2, -0.15) is 5.10 Å². The zero-order valence-electron chi connectivity index (χ0n) is 13.1. The molecule has 0 spiro atoms. The molecule has 0 aliphatic rings. The van der Waals surface area contributed by atoms with Gasteiger partial charge in [-0.1, -0.05) is 13.8 Å². The van der Waals surface area contributed by atoms with E-state index in [1.807, 2.05) is 32.8 Å². The molecule has 7 nitrogen and oxygen atoms in total. The summed E-state index contributed by atoms with van der Waals surface area (Å²) in [5.41, 5.74) is 6.04. The third-order valence-corrected chi connectivity index (χ3v) is 4.62. The highest BCUT2D eigenvalue weighted by Crippen LogP contribution is 2.22. The molecule has 0 radical (unpaired) electrons. The summed E-state index contributed by atoms with van der Waals surface area (Å²) in [5, 5.41) is 3.94. The SMILES string of the molecule is Cc1c(S(=O)(=O)NCC(C)(C)CN(C)C)c(N)nn1C.